The van der Waals surface area contributed by atoms with Gasteiger partial charge < -0.3 is 25.0 Å². The van der Waals surface area contributed by atoms with Gasteiger partial charge in [-0.2, -0.15) is 13.2 Å². The van der Waals surface area contributed by atoms with Gasteiger partial charge in [0.05, 0.1) is 24.7 Å². The van der Waals surface area contributed by atoms with Crippen molar-refractivity contribution < 1.29 is 27.4 Å². The lowest BCUT2D eigenvalue weighted by Gasteiger charge is -2.30. The minimum Gasteiger partial charge on any atom is -0.481 e. The third kappa shape index (κ3) is 6.86. The highest BCUT2D eigenvalue weighted by Gasteiger charge is 2.36. The quantitative estimate of drug-likeness (QED) is 0.664. The van der Waals surface area contributed by atoms with Gasteiger partial charge in [0.2, 0.25) is 5.88 Å². The fourth-order valence-electron chi connectivity index (χ4n) is 3.79. The first-order valence-corrected chi connectivity index (χ1v) is 11.3. The van der Waals surface area contributed by atoms with E-state index in [1.54, 1.807) is 9.80 Å². The summed E-state index contributed by atoms with van der Waals surface area (Å²) >= 11 is 0. The standard InChI is InChI=1S/C14H14F3N5O.C9H17NO2/c1-23-13-10(14(15,16)17)4-8(5-19-13)22-3-2-11-9(6-22)12(18)21-7-20-11;1-9(2,3)12-8(11)10-6-4-5-7-10/h4-5,7H,2-3,6H2,1H3,(H2,18,20,21);4-7H2,1-3H3. The molecule has 1 amide bonds. The summed E-state index contributed by atoms with van der Waals surface area (Å²) in [5.41, 5.74) is 6.49. The van der Waals surface area contributed by atoms with Crippen molar-refractivity contribution in [3.05, 3.63) is 35.4 Å². The number of nitrogens with two attached hydrogens (primary N) is 1. The Morgan fingerprint density at radius 1 is 1.09 bits per heavy atom. The van der Waals surface area contributed by atoms with Gasteiger partial charge in [-0.25, -0.2) is 19.7 Å². The number of amides is 1. The van der Waals surface area contributed by atoms with E-state index in [0.29, 0.717) is 31.0 Å². The van der Waals surface area contributed by atoms with Crippen molar-refractivity contribution >= 4 is 17.6 Å². The first kappa shape index (κ1) is 26.3. The van der Waals surface area contributed by atoms with Gasteiger partial charge in [0.15, 0.2) is 0 Å². The van der Waals surface area contributed by atoms with Crippen molar-refractivity contribution in [3.63, 3.8) is 0 Å². The second-order valence-corrected chi connectivity index (χ2v) is 9.28. The zero-order valence-corrected chi connectivity index (χ0v) is 20.4. The molecule has 0 aromatic carbocycles. The van der Waals surface area contributed by atoms with E-state index in [-0.39, 0.29) is 11.7 Å². The number of aromatic nitrogens is 3. The minimum atomic E-state index is -4.54. The van der Waals surface area contributed by atoms with E-state index in [1.807, 2.05) is 20.8 Å². The number of ether oxygens (including phenoxy) is 2. The number of methoxy groups -OCH3 is 1. The average Bonchev–Trinajstić information content (AvgIpc) is 3.33. The maximum atomic E-state index is 13.1. The molecule has 1 saturated heterocycles. The third-order valence-electron chi connectivity index (χ3n) is 5.49. The lowest BCUT2D eigenvalue weighted by molar-refractivity contribution is -0.139. The molecule has 35 heavy (non-hydrogen) atoms. The van der Waals surface area contributed by atoms with E-state index in [9.17, 15) is 18.0 Å². The summed E-state index contributed by atoms with van der Waals surface area (Å²) in [4.78, 5) is 26.8. The van der Waals surface area contributed by atoms with Crippen LogP contribution < -0.4 is 15.4 Å². The van der Waals surface area contributed by atoms with Crippen LogP contribution in [0.25, 0.3) is 0 Å². The largest absolute Gasteiger partial charge is 0.481 e. The van der Waals surface area contributed by atoms with Gasteiger partial charge >= 0.3 is 12.3 Å². The molecular formula is C23H31F3N6O3. The number of carbonyl (C=O) groups excluding carboxylic acids is 1. The second-order valence-electron chi connectivity index (χ2n) is 9.28. The van der Waals surface area contributed by atoms with Crippen molar-refractivity contribution in [1.82, 2.24) is 19.9 Å². The highest BCUT2D eigenvalue weighted by molar-refractivity contribution is 5.68. The Kier molecular flexibility index (Phi) is 7.91. The summed E-state index contributed by atoms with van der Waals surface area (Å²) in [6.07, 6.45) is 0.845. The summed E-state index contributed by atoms with van der Waals surface area (Å²) in [7, 11) is 1.16. The maximum absolute atomic E-state index is 13.1. The Morgan fingerprint density at radius 2 is 1.77 bits per heavy atom. The number of pyridine rings is 1. The number of carbonyl (C=O) groups is 1. The molecule has 2 aliphatic heterocycles. The van der Waals surface area contributed by atoms with Crippen LogP contribution in [0.5, 0.6) is 5.88 Å². The van der Waals surface area contributed by atoms with Crippen LogP contribution >= 0.6 is 0 Å². The normalized spacial score (nSPS) is 15.7. The predicted molar refractivity (Wildman–Crippen MR) is 124 cm³/mol. The molecule has 0 bridgehead atoms. The lowest BCUT2D eigenvalue weighted by atomic mass is 10.1. The van der Waals surface area contributed by atoms with Crippen molar-refractivity contribution in [2.45, 2.75) is 58.4 Å². The molecule has 0 aliphatic carbocycles. The SMILES string of the molecule is CC(C)(C)OC(=O)N1CCCC1.COc1ncc(N2CCc3ncnc(N)c3C2)cc1C(F)(F)F. The van der Waals surface area contributed by atoms with Gasteiger partial charge in [-0.1, -0.05) is 0 Å². The molecule has 0 atom stereocenters. The van der Waals surface area contributed by atoms with Crippen molar-refractivity contribution in [2.24, 2.45) is 0 Å². The van der Waals surface area contributed by atoms with Crippen LogP contribution in [-0.2, 0) is 23.9 Å². The third-order valence-corrected chi connectivity index (χ3v) is 5.49. The molecule has 0 unspecified atom stereocenters. The fourth-order valence-corrected chi connectivity index (χ4v) is 3.79. The van der Waals surface area contributed by atoms with Gasteiger partial charge in [0, 0.05) is 38.2 Å². The molecule has 0 saturated carbocycles. The maximum Gasteiger partial charge on any atom is 0.421 e. The highest BCUT2D eigenvalue weighted by atomic mass is 19.4. The van der Waals surface area contributed by atoms with E-state index >= 15 is 0 Å². The monoisotopic (exact) mass is 496 g/mol. The van der Waals surface area contributed by atoms with Crippen LogP contribution in [0.1, 0.15) is 50.4 Å². The van der Waals surface area contributed by atoms with Gasteiger partial charge in [-0.15, -0.1) is 0 Å². The van der Waals surface area contributed by atoms with E-state index in [0.717, 1.165) is 50.4 Å². The number of nitrogen functional groups attached to an aromatic ring is 1. The molecule has 2 aromatic rings. The molecule has 4 rings (SSSR count). The Morgan fingerprint density at radius 3 is 2.37 bits per heavy atom. The van der Waals surface area contributed by atoms with Crippen LogP contribution in [-0.4, -0.2) is 58.3 Å². The highest BCUT2D eigenvalue weighted by Crippen LogP contribution is 2.37. The Balaban J connectivity index is 0.000000241. The van der Waals surface area contributed by atoms with Crippen LogP contribution in [0, 0.1) is 0 Å². The first-order valence-electron chi connectivity index (χ1n) is 11.3. The molecule has 2 aliphatic rings. The minimum absolute atomic E-state index is 0.167. The summed E-state index contributed by atoms with van der Waals surface area (Å²) in [6.45, 7) is 8.24. The number of likely N-dealkylation sites (tertiary alicyclic amines) is 1. The van der Waals surface area contributed by atoms with Crippen molar-refractivity contribution in [1.29, 1.82) is 0 Å². The molecule has 2 N–H and O–H groups in total. The second kappa shape index (κ2) is 10.5. The van der Waals surface area contributed by atoms with Crippen molar-refractivity contribution in [2.75, 3.05) is 37.4 Å². The predicted octanol–water partition coefficient (Wildman–Crippen LogP) is 4.06. The first-order chi connectivity index (χ1) is 16.4. The van der Waals surface area contributed by atoms with Crippen molar-refractivity contribution in [3.8, 4) is 5.88 Å². The number of nitrogens with zero attached hydrogens (tertiary/aromatic N) is 5. The van der Waals surface area contributed by atoms with Gasteiger partial charge in [-0.05, 0) is 39.7 Å². The summed E-state index contributed by atoms with van der Waals surface area (Å²) in [5.74, 6) is -0.0984. The van der Waals surface area contributed by atoms with Gasteiger partial charge in [0.25, 0.3) is 0 Å². The number of rotatable bonds is 2. The van der Waals surface area contributed by atoms with Crippen LogP contribution in [0.3, 0.4) is 0 Å². The zero-order valence-electron chi connectivity index (χ0n) is 20.4. The Bertz CT molecular complexity index is 1040. The topological polar surface area (TPSA) is 107 Å². The smallest absolute Gasteiger partial charge is 0.421 e. The lowest BCUT2D eigenvalue weighted by Crippen LogP contribution is -2.34. The molecule has 4 heterocycles. The molecule has 0 radical (unpaired) electrons. The van der Waals surface area contributed by atoms with E-state index < -0.39 is 17.6 Å². The molecule has 1 fully saturated rings. The number of hydrogen-bond acceptors (Lipinski definition) is 8. The van der Waals surface area contributed by atoms with Crippen LogP contribution in [0.2, 0.25) is 0 Å². The van der Waals surface area contributed by atoms with E-state index in [4.69, 9.17) is 15.2 Å². The summed E-state index contributed by atoms with van der Waals surface area (Å²) in [6, 6.07) is 1.04. The number of hydrogen-bond donors (Lipinski definition) is 1. The van der Waals surface area contributed by atoms with E-state index in [2.05, 4.69) is 15.0 Å². The number of fused-ring (bicyclic) bond motifs is 1. The van der Waals surface area contributed by atoms with E-state index in [1.165, 1.54) is 12.5 Å². The van der Waals surface area contributed by atoms with Gasteiger partial charge in [-0.3, -0.25) is 0 Å². The fraction of sp³-hybridized carbons (Fsp3) is 0.565. The number of halogens is 3. The summed E-state index contributed by atoms with van der Waals surface area (Å²) in [5, 5.41) is 0. The molecule has 12 heteroatoms. The average molecular weight is 497 g/mol. The van der Waals surface area contributed by atoms with Gasteiger partial charge in [0.1, 0.15) is 23.3 Å². The molecule has 0 spiro atoms. The zero-order chi connectivity index (χ0) is 25.8. The Hall–Kier alpha value is -3.31. The molecular weight excluding hydrogens is 465 g/mol. The summed E-state index contributed by atoms with van der Waals surface area (Å²) < 4.78 is 49.2. The molecule has 2 aromatic heterocycles. The molecule has 9 nitrogen and oxygen atoms in total. The van der Waals surface area contributed by atoms with Crippen LogP contribution in [0.4, 0.5) is 29.5 Å². The number of alkyl halides is 3. The van der Waals surface area contributed by atoms with Crippen LogP contribution in [0.15, 0.2) is 18.6 Å². The Labute approximate surface area is 202 Å². The molecule has 192 valence electrons. The number of anilines is 2.